The Morgan fingerprint density at radius 2 is 2.04 bits per heavy atom. The highest BCUT2D eigenvalue weighted by Crippen LogP contribution is 2.24. The summed E-state index contributed by atoms with van der Waals surface area (Å²) in [5, 5.41) is 4.29. The normalized spacial score (nSPS) is 21.1. The van der Waals surface area contributed by atoms with Crippen LogP contribution in [-0.4, -0.2) is 44.8 Å². The van der Waals surface area contributed by atoms with Crippen molar-refractivity contribution in [2.24, 2.45) is 5.92 Å². The number of hydrogen-bond acceptors (Lipinski definition) is 4. The van der Waals surface area contributed by atoms with Gasteiger partial charge in [-0.1, -0.05) is 6.07 Å². The fourth-order valence-corrected chi connectivity index (χ4v) is 3.78. The molecule has 0 aliphatic carbocycles. The Labute approximate surface area is 147 Å². The van der Waals surface area contributed by atoms with Gasteiger partial charge in [-0.25, -0.2) is 0 Å². The summed E-state index contributed by atoms with van der Waals surface area (Å²) in [4.78, 5) is 19.0. The lowest BCUT2D eigenvalue weighted by atomic mass is 9.93. The summed E-state index contributed by atoms with van der Waals surface area (Å²) in [6, 6.07) is 5.98. The number of fused-ring (bicyclic) bond motifs is 1. The molecule has 132 valence electrons. The fraction of sp³-hybridized carbons (Fsp3) is 0.526. The van der Waals surface area contributed by atoms with Gasteiger partial charge in [0.25, 0.3) is 0 Å². The molecule has 6 heteroatoms. The highest BCUT2D eigenvalue weighted by atomic mass is 16.5. The summed E-state index contributed by atoms with van der Waals surface area (Å²) in [6.07, 6.45) is 9.21. The number of aryl methyl sites for hydroxylation is 1. The van der Waals surface area contributed by atoms with Gasteiger partial charge >= 0.3 is 0 Å². The highest BCUT2D eigenvalue weighted by Gasteiger charge is 2.31. The Balaban J connectivity index is 1.25. The molecule has 4 rings (SSSR count). The van der Waals surface area contributed by atoms with Crippen LogP contribution in [0.15, 0.2) is 36.8 Å². The van der Waals surface area contributed by atoms with Crippen LogP contribution in [0.5, 0.6) is 0 Å². The van der Waals surface area contributed by atoms with Crippen LogP contribution in [-0.2, 0) is 29.1 Å². The SMILES string of the molecule is O=C(C1CCn2nccc2C1)N1CCC(OCc2cccnc2)CC1. The van der Waals surface area contributed by atoms with Gasteiger partial charge in [0.1, 0.15) is 0 Å². The molecule has 1 fully saturated rings. The predicted molar refractivity (Wildman–Crippen MR) is 92.7 cm³/mol. The number of carbonyl (C=O) groups excluding carboxylic acids is 1. The monoisotopic (exact) mass is 340 g/mol. The minimum absolute atomic E-state index is 0.108. The first kappa shape index (κ1) is 16.3. The molecule has 2 aromatic heterocycles. The Bertz CT molecular complexity index is 707. The minimum Gasteiger partial charge on any atom is -0.373 e. The maximum absolute atomic E-state index is 12.8. The van der Waals surface area contributed by atoms with E-state index in [0.29, 0.717) is 12.5 Å². The molecule has 1 saturated heterocycles. The Morgan fingerprint density at radius 3 is 2.84 bits per heavy atom. The molecule has 0 aromatic carbocycles. The van der Waals surface area contributed by atoms with Crippen molar-refractivity contribution in [2.45, 2.75) is 44.9 Å². The van der Waals surface area contributed by atoms with E-state index in [2.05, 4.69) is 10.1 Å². The number of carbonyl (C=O) groups is 1. The van der Waals surface area contributed by atoms with Gasteiger partial charge in [-0.15, -0.1) is 0 Å². The van der Waals surface area contributed by atoms with Gasteiger partial charge in [0.2, 0.25) is 5.91 Å². The molecule has 0 spiro atoms. The molecule has 25 heavy (non-hydrogen) atoms. The molecule has 0 radical (unpaired) electrons. The zero-order valence-electron chi connectivity index (χ0n) is 14.4. The molecule has 2 aromatic rings. The molecule has 0 bridgehead atoms. The molecule has 0 N–H and O–H groups in total. The molecule has 6 nitrogen and oxygen atoms in total. The van der Waals surface area contributed by atoms with E-state index >= 15 is 0 Å². The molecular weight excluding hydrogens is 316 g/mol. The molecule has 2 aliphatic heterocycles. The number of rotatable bonds is 4. The zero-order chi connectivity index (χ0) is 17.1. The van der Waals surface area contributed by atoms with Gasteiger partial charge in [0, 0.05) is 56.3 Å². The second-order valence-corrected chi connectivity index (χ2v) is 6.93. The summed E-state index contributed by atoms with van der Waals surface area (Å²) >= 11 is 0. The van der Waals surface area contributed by atoms with Crippen LogP contribution in [0.2, 0.25) is 0 Å². The number of ether oxygens (including phenoxy) is 1. The number of likely N-dealkylation sites (tertiary alicyclic amines) is 1. The van der Waals surface area contributed by atoms with Crippen molar-refractivity contribution < 1.29 is 9.53 Å². The molecule has 1 unspecified atom stereocenters. The van der Waals surface area contributed by atoms with Gasteiger partial charge in [-0.3, -0.25) is 14.5 Å². The fourth-order valence-electron chi connectivity index (χ4n) is 3.78. The van der Waals surface area contributed by atoms with Gasteiger partial charge in [-0.2, -0.15) is 5.10 Å². The topological polar surface area (TPSA) is 60.2 Å². The standard InChI is InChI=1S/C19H24N4O2/c24-19(16-4-11-23-17(12-16)3-8-21-23)22-9-5-18(6-10-22)25-14-15-2-1-7-20-13-15/h1-3,7-8,13,16,18H,4-6,9-12,14H2. The van der Waals surface area contributed by atoms with Crippen LogP contribution >= 0.6 is 0 Å². The lowest BCUT2D eigenvalue weighted by Crippen LogP contribution is -2.45. The smallest absolute Gasteiger partial charge is 0.226 e. The maximum atomic E-state index is 12.8. The largest absolute Gasteiger partial charge is 0.373 e. The van der Waals surface area contributed by atoms with Crippen molar-refractivity contribution in [1.82, 2.24) is 19.7 Å². The average molecular weight is 340 g/mol. The number of nitrogens with zero attached hydrogens (tertiary/aromatic N) is 4. The van der Waals surface area contributed by atoms with E-state index in [1.54, 1.807) is 6.20 Å². The van der Waals surface area contributed by atoms with Crippen molar-refractivity contribution in [3.05, 3.63) is 48.0 Å². The highest BCUT2D eigenvalue weighted by molar-refractivity contribution is 5.79. The number of amides is 1. The Hall–Kier alpha value is -2.21. The van der Waals surface area contributed by atoms with E-state index < -0.39 is 0 Å². The number of hydrogen-bond donors (Lipinski definition) is 0. The summed E-state index contributed by atoms with van der Waals surface area (Å²) in [5.41, 5.74) is 2.28. The van der Waals surface area contributed by atoms with E-state index in [4.69, 9.17) is 4.74 Å². The van der Waals surface area contributed by atoms with Crippen LogP contribution < -0.4 is 0 Å². The zero-order valence-corrected chi connectivity index (χ0v) is 14.4. The van der Waals surface area contributed by atoms with E-state index in [1.165, 1.54) is 5.69 Å². The third-order valence-corrected chi connectivity index (χ3v) is 5.26. The van der Waals surface area contributed by atoms with E-state index in [1.807, 2.05) is 40.2 Å². The molecule has 2 aliphatic rings. The van der Waals surface area contributed by atoms with Crippen molar-refractivity contribution in [1.29, 1.82) is 0 Å². The summed E-state index contributed by atoms with van der Waals surface area (Å²) < 4.78 is 8.01. The van der Waals surface area contributed by atoms with E-state index in [-0.39, 0.29) is 12.0 Å². The summed E-state index contributed by atoms with van der Waals surface area (Å²) in [7, 11) is 0. The molecule has 0 saturated carbocycles. The van der Waals surface area contributed by atoms with E-state index in [0.717, 1.165) is 50.9 Å². The third kappa shape index (κ3) is 3.74. The van der Waals surface area contributed by atoms with Gasteiger partial charge in [0.15, 0.2) is 0 Å². The van der Waals surface area contributed by atoms with Crippen molar-refractivity contribution >= 4 is 5.91 Å². The lowest BCUT2D eigenvalue weighted by Gasteiger charge is -2.35. The van der Waals surface area contributed by atoms with Gasteiger partial charge < -0.3 is 9.64 Å². The first-order valence-electron chi connectivity index (χ1n) is 9.09. The summed E-state index contributed by atoms with van der Waals surface area (Å²) in [6.45, 7) is 3.04. The van der Waals surface area contributed by atoms with Gasteiger partial charge in [0.05, 0.1) is 12.7 Å². The first-order valence-corrected chi connectivity index (χ1v) is 9.09. The molecule has 4 heterocycles. The second kappa shape index (κ2) is 7.35. The number of aromatic nitrogens is 3. The van der Waals surface area contributed by atoms with Crippen molar-refractivity contribution in [3.8, 4) is 0 Å². The summed E-state index contributed by atoms with van der Waals surface area (Å²) in [5.74, 6) is 0.412. The third-order valence-electron chi connectivity index (χ3n) is 5.26. The second-order valence-electron chi connectivity index (χ2n) is 6.93. The van der Waals surface area contributed by atoms with Gasteiger partial charge in [-0.05, 0) is 37.0 Å². The number of pyridine rings is 1. The first-order chi connectivity index (χ1) is 12.3. The van der Waals surface area contributed by atoms with E-state index in [9.17, 15) is 4.79 Å². The van der Waals surface area contributed by atoms with Crippen LogP contribution in [0.3, 0.4) is 0 Å². The molecule has 1 atom stereocenters. The Kier molecular flexibility index (Phi) is 4.78. The van der Waals surface area contributed by atoms with Crippen molar-refractivity contribution in [2.75, 3.05) is 13.1 Å². The minimum atomic E-state index is 0.108. The molecule has 1 amide bonds. The van der Waals surface area contributed by atoms with Crippen LogP contribution in [0.4, 0.5) is 0 Å². The van der Waals surface area contributed by atoms with Crippen LogP contribution in [0.1, 0.15) is 30.5 Å². The maximum Gasteiger partial charge on any atom is 0.226 e. The number of piperidine rings is 1. The predicted octanol–water partition coefficient (Wildman–Crippen LogP) is 2.05. The van der Waals surface area contributed by atoms with Crippen molar-refractivity contribution in [3.63, 3.8) is 0 Å². The quantitative estimate of drug-likeness (QED) is 0.855. The lowest BCUT2D eigenvalue weighted by molar-refractivity contribution is -0.139. The van der Waals surface area contributed by atoms with Crippen LogP contribution in [0.25, 0.3) is 0 Å². The molecular formula is C19H24N4O2. The Morgan fingerprint density at radius 1 is 1.16 bits per heavy atom. The van der Waals surface area contributed by atoms with Crippen LogP contribution in [0, 0.1) is 5.92 Å². The average Bonchev–Trinajstić information content (AvgIpc) is 3.15.